The number of hydrogen-bond donors (Lipinski definition) is 0. The fourth-order valence-electron chi connectivity index (χ4n) is 2.42. The predicted octanol–water partition coefficient (Wildman–Crippen LogP) is 2.62. The first-order chi connectivity index (χ1) is 9.26. The summed E-state index contributed by atoms with van der Waals surface area (Å²) >= 11 is 3.49. The summed E-state index contributed by atoms with van der Waals surface area (Å²) < 4.78 is 5.84. The zero-order chi connectivity index (χ0) is 13.2. The molecule has 1 aliphatic rings. The highest BCUT2D eigenvalue weighted by atomic mass is 79.9. The standard InChI is InChI=1S/C14H16BrN3O/c1-10-8-18(9-11(6-15)19-10)14-7-16-12-4-2-3-5-13(12)17-14/h2-5,7,10-11H,6,8-9H2,1H3. The molecule has 1 fully saturated rings. The molecule has 0 N–H and O–H groups in total. The van der Waals surface area contributed by atoms with Gasteiger partial charge in [-0.2, -0.15) is 0 Å². The van der Waals surface area contributed by atoms with Crippen molar-refractivity contribution in [2.24, 2.45) is 0 Å². The number of halogens is 1. The Bertz CT molecular complexity index is 577. The molecule has 2 heterocycles. The third kappa shape index (κ3) is 2.72. The average molecular weight is 322 g/mol. The first-order valence-electron chi connectivity index (χ1n) is 6.44. The Morgan fingerprint density at radius 2 is 2.11 bits per heavy atom. The van der Waals surface area contributed by atoms with Gasteiger partial charge in [-0.05, 0) is 19.1 Å². The Hall–Kier alpha value is -1.20. The van der Waals surface area contributed by atoms with E-state index in [1.165, 1.54) is 0 Å². The van der Waals surface area contributed by atoms with E-state index in [4.69, 9.17) is 9.72 Å². The van der Waals surface area contributed by atoms with Gasteiger partial charge >= 0.3 is 0 Å². The molecule has 0 saturated carbocycles. The molecule has 0 radical (unpaired) electrons. The van der Waals surface area contributed by atoms with Crippen LogP contribution in [0.2, 0.25) is 0 Å². The van der Waals surface area contributed by atoms with Crippen molar-refractivity contribution in [3.8, 4) is 0 Å². The lowest BCUT2D eigenvalue weighted by molar-refractivity contribution is -0.00223. The zero-order valence-electron chi connectivity index (χ0n) is 10.8. The Balaban J connectivity index is 1.90. The molecule has 2 aromatic rings. The Kier molecular flexibility index (Phi) is 3.66. The van der Waals surface area contributed by atoms with Crippen LogP contribution in [0.15, 0.2) is 30.5 Å². The summed E-state index contributed by atoms with van der Waals surface area (Å²) in [5.41, 5.74) is 1.87. The van der Waals surface area contributed by atoms with Gasteiger partial charge in [0, 0.05) is 18.4 Å². The minimum atomic E-state index is 0.206. The minimum absolute atomic E-state index is 0.206. The van der Waals surface area contributed by atoms with Gasteiger partial charge in [-0.25, -0.2) is 4.98 Å². The van der Waals surface area contributed by atoms with Crippen molar-refractivity contribution in [1.29, 1.82) is 0 Å². The number of ether oxygens (including phenoxy) is 1. The Morgan fingerprint density at radius 3 is 2.89 bits per heavy atom. The summed E-state index contributed by atoms with van der Waals surface area (Å²) in [6, 6.07) is 7.95. The average Bonchev–Trinajstić information content (AvgIpc) is 2.46. The molecule has 3 rings (SSSR count). The smallest absolute Gasteiger partial charge is 0.148 e. The Morgan fingerprint density at radius 1 is 1.32 bits per heavy atom. The highest BCUT2D eigenvalue weighted by molar-refractivity contribution is 9.09. The van der Waals surface area contributed by atoms with E-state index in [1.54, 1.807) is 0 Å². The molecule has 1 aliphatic heterocycles. The van der Waals surface area contributed by atoms with Crippen molar-refractivity contribution in [3.05, 3.63) is 30.5 Å². The van der Waals surface area contributed by atoms with Gasteiger partial charge in [0.05, 0.1) is 29.4 Å². The lowest BCUT2D eigenvalue weighted by atomic mass is 10.2. The molecule has 1 aromatic heterocycles. The number of anilines is 1. The van der Waals surface area contributed by atoms with Crippen LogP contribution in [0.25, 0.3) is 11.0 Å². The molecule has 1 aromatic carbocycles. The second-order valence-electron chi connectivity index (χ2n) is 4.84. The van der Waals surface area contributed by atoms with E-state index in [0.29, 0.717) is 0 Å². The first kappa shape index (κ1) is 12.8. The number of fused-ring (bicyclic) bond motifs is 1. The van der Waals surface area contributed by atoms with E-state index in [9.17, 15) is 0 Å². The van der Waals surface area contributed by atoms with Crippen LogP contribution in [-0.4, -0.2) is 40.6 Å². The maximum Gasteiger partial charge on any atom is 0.148 e. The van der Waals surface area contributed by atoms with Crippen LogP contribution >= 0.6 is 15.9 Å². The molecule has 2 atom stereocenters. The molecule has 0 spiro atoms. The summed E-state index contributed by atoms with van der Waals surface area (Å²) in [5.74, 6) is 0.930. The van der Waals surface area contributed by atoms with Gasteiger partial charge in [0.15, 0.2) is 0 Å². The largest absolute Gasteiger partial charge is 0.371 e. The fraction of sp³-hybridized carbons (Fsp3) is 0.429. The molecule has 100 valence electrons. The van der Waals surface area contributed by atoms with Crippen LogP contribution in [0, 0.1) is 0 Å². The SMILES string of the molecule is CC1CN(c2cnc3ccccc3n2)CC(CBr)O1. The summed E-state index contributed by atoms with van der Waals surface area (Å²) in [6.45, 7) is 3.80. The number of benzene rings is 1. The van der Waals surface area contributed by atoms with Gasteiger partial charge in [0.1, 0.15) is 5.82 Å². The molecular formula is C14H16BrN3O. The van der Waals surface area contributed by atoms with Gasteiger partial charge in [-0.3, -0.25) is 4.98 Å². The zero-order valence-corrected chi connectivity index (χ0v) is 12.4. The fourth-order valence-corrected chi connectivity index (χ4v) is 2.77. The maximum atomic E-state index is 5.84. The molecule has 0 amide bonds. The van der Waals surface area contributed by atoms with Gasteiger partial charge < -0.3 is 9.64 Å². The van der Waals surface area contributed by atoms with Crippen LogP contribution in [-0.2, 0) is 4.74 Å². The van der Waals surface area contributed by atoms with Crippen molar-refractivity contribution >= 4 is 32.8 Å². The molecule has 0 aliphatic carbocycles. The first-order valence-corrected chi connectivity index (χ1v) is 7.56. The van der Waals surface area contributed by atoms with Crippen molar-refractivity contribution in [2.45, 2.75) is 19.1 Å². The summed E-state index contributed by atoms with van der Waals surface area (Å²) in [4.78, 5) is 11.4. The number of morpholine rings is 1. The molecule has 4 nitrogen and oxygen atoms in total. The van der Waals surface area contributed by atoms with Crippen molar-refractivity contribution < 1.29 is 4.74 Å². The van der Waals surface area contributed by atoms with E-state index in [1.807, 2.05) is 30.5 Å². The second kappa shape index (κ2) is 5.43. The number of nitrogens with zero attached hydrogens (tertiary/aromatic N) is 3. The van der Waals surface area contributed by atoms with Crippen LogP contribution in [0.4, 0.5) is 5.82 Å². The molecule has 0 bridgehead atoms. The predicted molar refractivity (Wildman–Crippen MR) is 79.9 cm³/mol. The molecule has 1 saturated heterocycles. The lowest BCUT2D eigenvalue weighted by Gasteiger charge is -2.36. The number of para-hydroxylation sites is 2. The van der Waals surface area contributed by atoms with Gasteiger partial charge in [-0.15, -0.1) is 0 Å². The lowest BCUT2D eigenvalue weighted by Crippen LogP contribution is -2.47. The van der Waals surface area contributed by atoms with Crippen LogP contribution in [0.1, 0.15) is 6.92 Å². The number of alkyl halides is 1. The second-order valence-corrected chi connectivity index (χ2v) is 5.49. The van der Waals surface area contributed by atoms with Crippen LogP contribution in [0.5, 0.6) is 0 Å². The Labute approximate surface area is 120 Å². The normalized spacial score (nSPS) is 23.8. The molecule has 5 heteroatoms. The topological polar surface area (TPSA) is 38.2 Å². The highest BCUT2D eigenvalue weighted by Gasteiger charge is 2.25. The van der Waals surface area contributed by atoms with E-state index < -0.39 is 0 Å². The third-order valence-corrected chi connectivity index (χ3v) is 3.98. The van der Waals surface area contributed by atoms with Crippen molar-refractivity contribution in [1.82, 2.24) is 9.97 Å². The number of rotatable bonds is 2. The molecule has 2 unspecified atom stereocenters. The highest BCUT2D eigenvalue weighted by Crippen LogP contribution is 2.20. The van der Waals surface area contributed by atoms with Gasteiger partial charge in [0.25, 0.3) is 0 Å². The van der Waals surface area contributed by atoms with E-state index >= 15 is 0 Å². The molecule has 19 heavy (non-hydrogen) atoms. The van der Waals surface area contributed by atoms with E-state index in [-0.39, 0.29) is 12.2 Å². The van der Waals surface area contributed by atoms with E-state index in [2.05, 4.69) is 32.7 Å². The molecular weight excluding hydrogens is 306 g/mol. The maximum absolute atomic E-state index is 5.84. The van der Waals surface area contributed by atoms with Crippen LogP contribution < -0.4 is 4.90 Å². The monoisotopic (exact) mass is 321 g/mol. The summed E-state index contributed by atoms with van der Waals surface area (Å²) in [6.07, 6.45) is 2.27. The van der Waals surface area contributed by atoms with Crippen LogP contribution in [0.3, 0.4) is 0 Å². The number of aromatic nitrogens is 2. The quantitative estimate of drug-likeness (QED) is 0.797. The summed E-state index contributed by atoms with van der Waals surface area (Å²) in [5, 5.41) is 0.842. The van der Waals surface area contributed by atoms with Crippen molar-refractivity contribution in [3.63, 3.8) is 0 Å². The van der Waals surface area contributed by atoms with Gasteiger partial charge in [0.2, 0.25) is 0 Å². The minimum Gasteiger partial charge on any atom is -0.371 e. The number of hydrogen-bond acceptors (Lipinski definition) is 4. The van der Waals surface area contributed by atoms with Gasteiger partial charge in [-0.1, -0.05) is 28.1 Å². The van der Waals surface area contributed by atoms with Crippen molar-refractivity contribution in [2.75, 3.05) is 23.3 Å². The van der Waals surface area contributed by atoms with E-state index in [0.717, 1.165) is 35.3 Å². The third-order valence-electron chi connectivity index (χ3n) is 3.26. The summed E-state index contributed by atoms with van der Waals surface area (Å²) in [7, 11) is 0.